The molecule has 0 radical (unpaired) electrons. The lowest BCUT2D eigenvalue weighted by Crippen LogP contribution is -2.41. The Bertz CT molecular complexity index is 850. The van der Waals surface area contributed by atoms with Gasteiger partial charge in [-0.3, -0.25) is 4.79 Å². The molecule has 2 fully saturated rings. The van der Waals surface area contributed by atoms with Crippen molar-refractivity contribution in [2.24, 2.45) is 11.8 Å². The number of nitrogens with one attached hydrogen (secondary N) is 1. The highest BCUT2D eigenvalue weighted by Gasteiger charge is 2.24. The van der Waals surface area contributed by atoms with E-state index in [0.717, 1.165) is 37.4 Å². The van der Waals surface area contributed by atoms with E-state index in [4.69, 9.17) is 4.74 Å². The lowest BCUT2D eigenvalue weighted by atomic mass is 9.97. The Labute approximate surface area is 174 Å². The van der Waals surface area contributed by atoms with Crippen molar-refractivity contribution in [1.82, 2.24) is 20.2 Å². The number of hydrogen-bond acceptors (Lipinski definition) is 5. The van der Waals surface area contributed by atoms with E-state index in [1.165, 1.54) is 19.0 Å². The number of fused-ring (bicyclic) bond motifs is 1. The minimum atomic E-state index is -2.97. The molecule has 1 aromatic carbocycles. The molecule has 0 bridgehead atoms. The van der Waals surface area contributed by atoms with Gasteiger partial charge in [0, 0.05) is 30.6 Å². The van der Waals surface area contributed by atoms with Crippen LogP contribution < -0.4 is 10.2 Å². The Hall–Kier alpha value is -2.26. The fourth-order valence-electron chi connectivity index (χ4n) is 3.85. The van der Waals surface area contributed by atoms with Gasteiger partial charge in [-0.1, -0.05) is 4.85 Å². The third-order valence-corrected chi connectivity index (χ3v) is 5.74. The van der Waals surface area contributed by atoms with E-state index in [9.17, 15) is 13.6 Å². The van der Waals surface area contributed by atoms with Crippen molar-refractivity contribution >= 4 is 16.8 Å². The molecule has 30 heavy (non-hydrogen) atoms. The molecular formula is C21H28F2N4O3. The topological polar surface area (TPSA) is 68.6 Å². The predicted octanol–water partition coefficient (Wildman–Crippen LogP) is 2.56. The molecular weight excluding hydrogens is 394 g/mol. The fraction of sp³-hybridized carbons (Fsp3) is 0.619. The first-order valence-electron chi connectivity index (χ1n) is 10.6. The van der Waals surface area contributed by atoms with Crippen LogP contribution in [0.15, 0.2) is 24.4 Å². The quantitative estimate of drug-likeness (QED) is 0.596. The van der Waals surface area contributed by atoms with Gasteiger partial charge in [-0.15, -0.1) is 5.10 Å². The van der Waals surface area contributed by atoms with E-state index in [-0.39, 0.29) is 5.91 Å². The minimum absolute atomic E-state index is 0.0759. The zero-order valence-electron chi connectivity index (χ0n) is 16.9. The Morgan fingerprint density at radius 1 is 1.23 bits per heavy atom. The molecule has 1 aliphatic carbocycles. The SMILES string of the molecule is O=C(c1ccc2c(cnn2OC(F)F)c1)N(CCOCC1CC1)CC1CCNCC1. The van der Waals surface area contributed by atoms with Crippen LogP contribution in [0.3, 0.4) is 0 Å². The molecule has 164 valence electrons. The molecule has 2 aliphatic rings. The second-order valence-electron chi connectivity index (χ2n) is 8.12. The highest BCUT2D eigenvalue weighted by Crippen LogP contribution is 2.28. The Morgan fingerprint density at radius 2 is 2.03 bits per heavy atom. The average molecular weight is 422 g/mol. The largest absolute Gasteiger partial charge is 0.407 e. The molecule has 7 nitrogen and oxygen atoms in total. The number of nitrogens with zero attached hydrogens (tertiary/aromatic N) is 3. The van der Waals surface area contributed by atoms with Gasteiger partial charge >= 0.3 is 6.61 Å². The van der Waals surface area contributed by atoms with Crippen LogP contribution in [0.1, 0.15) is 36.0 Å². The van der Waals surface area contributed by atoms with Gasteiger partial charge in [0.25, 0.3) is 5.91 Å². The van der Waals surface area contributed by atoms with Gasteiger partial charge in [0.05, 0.1) is 12.8 Å². The van der Waals surface area contributed by atoms with Crippen molar-refractivity contribution in [3.8, 4) is 0 Å². The van der Waals surface area contributed by atoms with E-state index >= 15 is 0 Å². The van der Waals surface area contributed by atoms with Gasteiger partial charge in [-0.25, -0.2) is 0 Å². The van der Waals surface area contributed by atoms with Gasteiger partial charge in [0.15, 0.2) is 0 Å². The summed E-state index contributed by atoms with van der Waals surface area (Å²) >= 11 is 0. The van der Waals surface area contributed by atoms with Gasteiger partial charge in [-0.2, -0.15) is 8.78 Å². The van der Waals surface area contributed by atoms with Crippen LogP contribution in [0.4, 0.5) is 8.78 Å². The number of carbonyl (C=O) groups excluding carboxylic acids is 1. The highest BCUT2D eigenvalue weighted by atomic mass is 19.3. The Morgan fingerprint density at radius 3 is 2.77 bits per heavy atom. The molecule has 0 unspecified atom stereocenters. The number of aromatic nitrogens is 2. The summed E-state index contributed by atoms with van der Waals surface area (Å²) in [4.78, 5) is 20.3. The normalized spacial score (nSPS) is 17.6. The molecule has 1 aromatic heterocycles. The summed E-state index contributed by atoms with van der Waals surface area (Å²) in [5.41, 5.74) is 0.903. The minimum Gasteiger partial charge on any atom is -0.379 e. The van der Waals surface area contributed by atoms with Gasteiger partial charge in [0.2, 0.25) is 0 Å². The van der Waals surface area contributed by atoms with Crippen LogP contribution in [0, 0.1) is 11.8 Å². The molecule has 2 aromatic rings. The number of piperidine rings is 1. The Kier molecular flexibility index (Phi) is 6.79. The van der Waals surface area contributed by atoms with E-state index in [1.54, 1.807) is 18.2 Å². The number of alkyl halides is 2. The smallest absolute Gasteiger partial charge is 0.379 e. The second-order valence-corrected chi connectivity index (χ2v) is 8.12. The van der Waals surface area contributed by atoms with Gasteiger partial charge in [-0.05, 0) is 68.8 Å². The summed E-state index contributed by atoms with van der Waals surface area (Å²) in [7, 11) is 0. The third kappa shape index (κ3) is 5.46. The van der Waals surface area contributed by atoms with Crippen molar-refractivity contribution in [3.05, 3.63) is 30.0 Å². The standard InChI is InChI=1S/C21H28F2N4O3/c22-21(23)30-27-19-4-3-17(11-18(19)12-25-27)20(28)26(9-10-29-14-16-1-2-16)13-15-5-7-24-8-6-15/h3-4,11-12,15-16,21,24H,1-2,5-10,13-14H2. The molecule has 1 saturated carbocycles. The monoisotopic (exact) mass is 422 g/mol. The van der Waals surface area contributed by atoms with Crippen LogP contribution in [0.5, 0.6) is 0 Å². The van der Waals surface area contributed by atoms with Gasteiger partial charge < -0.3 is 19.8 Å². The van der Waals surface area contributed by atoms with E-state index in [1.807, 2.05) is 4.90 Å². The predicted molar refractivity (Wildman–Crippen MR) is 107 cm³/mol. The lowest BCUT2D eigenvalue weighted by Gasteiger charge is -2.30. The van der Waals surface area contributed by atoms with E-state index in [0.29, 0.717) is 48.0 Å². The number of benzene rings is 1. The van der Waals surface area contributed by atoms with E-state index < -0.39 is 6.61 Å². The number of ether oxygens (including phenoxy) is 1. The molecule has 1 saturated heterocycles. The summed E-state index contributed by atoms with van der Waals surface area (Å²) in [6.07, 6.45) is 5.98. The molecule has 0 atom stereocenters. The zero-order chi connectivity index (χ0) is 20.9. The number of halogens is 2. The summed E-state index contributed by atoms with van der Waals surface area (Å²) < 4.78 is 30.8. The maximum atomic E-state index is 13.3. The van der Waals surface area contributed by atoms with Crippen molar-refractivity contribution in [3.63, 3.8) is 0 Å². The molecule has 2 heterocycles. The van der Waals surface area contributed by atoms with Crippen molar-refractivity contribution < 1.29 is 23.1 Å². The second kappa shape index (κ2) is 9.70. The van der Waals surface area contributed by atoms with Crippen molar-refractivity contribution in [2.75, 3.05) is 39.4 Å². The molecule has 1 amide bonds. The fourth-order valence-corrected chi connectivity index (χ4v) is 3.85. The van der Waals surface area contributed by atoms with Crippen molar-refractivity contribution in [1.29, 1.82) is 0 Å². The van der Waals surface area contributed by atoms with Gasteiger partial charge in [0.1, 0.15) is 5.52 Å². The number of rotatable bonds is 10. The average Bonchev–Trinajstić information content (AvgIpc) is 3.50. The van der Waals surface area contributed by atoms with Crippen LogP contribution >= 0.6 is 0 Å². The highest BCUT2D eigenvalue weighted by molar-refractivity contribution is 5.98. The summed E-state index contributed by atoms with van der Waals surface area (Å²) in [5, 5.41) is 7.75. The summed E-state index contributed by atoms with van der Waals surface area (Å²) in [6.45, 7) is 1.51. The molecule has 4 rings (SSSR count). The van der Waals surface area contributed by atoms with Crippen LogP contribution in [0.25, 0.3) is 10.9 Å². The molecule has 1 aliphatic heterocycles. The molecule has 1 N–H and O–H groups in total. The number of carbonyl (C=O) groups is 1. The first kappa shape index (κ1) is 21.0. The van der Waals surface area contributed by atoms with Crippen LogP contribution in [-0.2, 0) is 4.74 Å². The molecule has 0 spiro atoms. The third-order valence-electron chi connectivity index (χ3n) is 5.74. The lowest BCUT2D eigenvalue weighted by molar-refractivity contribution is -0.139. The van der Waals surface area contributed by atoms with Crippen LogP contribution in [-0.4, -0.2) is 66.8 Å². The first-order valence-corrected chi connectivity index (χ1v) is 10.6. The number of amides is 1. The maximum absolute atomic E-state index is 13.3. The maximum Gasteiger partial charge on any atom is 0.407 e. The zero-order valence-corrected chi connectivity index (χ0v) is 16.9. The Balaban J connectivity index is 1.45. The molecule has 9 heteroatoms. The first-order chi connectivity index (χ1) is 14.6. The van der Waals surface area contributed by atoms with Crippen molar-refractivity contribution in [2.45, 2.75) is 32.3 Å². The summed E-state index contributed by atoms with van der Waals surface area (Å²) in [6, 6.07) is 4.90. The van der Waals surface area contributed by atoms with Crippen LogP contribution in [0.2, 0.25) is 0 Å². The van der Waals surface area contributed by atoms with E-state index in [2.05, 4.69) is 15.3 Å². The summed E-state index contributed by atoms with van der Waals surface area (Å²) in [5.74, 6) is 1.07. The number of hydrogen-bond donors (Lipinski definition) is 1.